The maximum Gasteiger partial charge on any atom is 0.234 e. The molecule has 1 saturated heterocycles. The number of aromatic nitrogens is 3. The average molecular weight is 471 g/mol. The van der Waals surface area contributed by atoms with Crippen molar-refractivity contribution in [3.63, 3.8) is 0 Å². The largest absolute Gasteiger partial charge is 0.337 e. The van der Waals surface area contributed by atoms with Crippen molar-refractivity contribution in [3.05, 3.63) is 35.9 Å². The summed E-state index contributed by atoms with van der Waals surface area (Å²) in [5.41, 5.74) is -0.00177. The molecule has 0 spiro atoms. The number of hydrogen-bond acceptors (Lipinski definition) is 6. The normalized spacial score (nSPS) is 19.5. The van der Waals surface area contributed by atoms with Gasteiger partial charge in [0.2, 0.25) is 5.91 Å². The topological polar surface area (TPSA) is 86.8 Å². The molecule has 33 heavy (non-hydrogen) atoms. The Morgan fingerprint density at radius 1 is 1.15 bits per heavy atom. The van der Waals surface area contributed by atoms with Gasteiger partial charge in [0.25, 0.3) is 0 Å². The summed E-state index contributed by atoms with van der Waals surface area (Å²) in [5, 5.41) is 21.7. The van der Waals surface area contributed by atoms with Crippen molar-refractivity contribution in [2.24, 2.45) is 0 Å². The minimum atomic E-state index is -0.770. The number of nitriles is 1. The molecule has 2 heterocycles. The lowest BCUT2D eigenvalue weighted by molar-refractivity contribution is -0.121. The zero-order valence-electron chi connectivity index (χ0n) is 19.1. The van der Waals surface area contributed by atoms with Gasteiger partial charge in [0, 0.05) is 5.69 Å². The van der Waals surface area contributed by atoms with Crippen molar-refractivity contribution in [3.8, 4) is 11.8 Å². The zero-order valence-corrected chi connectivity index (χ0v) is 19.9. The van der Waals surface area contributed by atoms with Gasteiger partial charge in [-0.2, -0.15) is 5.26 Å². The van der Waals surface area contributed by atoms with Crippen molar-refractivity contribution < 1.29 is 9.18 Å². The second-order valence-corrected chi connectivity index (χ2v) is 10.4. The number of carbonyl (C=O) groups is 1. The van der Waals surface area contributed by atoms with Gasteiger partial charge in [-0.3, -0.25) is 14.3 Å². The summed E-state index contributed by atoms with van der Waals surface area (Å²) in [5.74, 6) is 0.301. The summed E-state index contributed by atoms with van der Waals surface area (Å²) < 4.78 is 15.5. The van der Waals surface area contributed by atoms with Gasteiger partial charge in [-0.05, 0) is 70.0 Å². The molecule has 1 aromatic heterocycles. The first-order valence-electron chi connectivity index (χ1n) is 11.8. The number of rotatable bonds is 7. The number of piperidine rings is 1. The van der Waals surface area contributed by atoms with E-state index >= 15 is 0 Å². The molecule has 0 radical (unpaired) electrons. The second-order valence-electron chi connectivity index (χ2n) is 9.05. The van der Waals surface area contributed by atoms with Gasteiger partial charge < -0.3 is 5.32 Å². The molecule has 2 aromatic rings. The Morgan fingerprint density at radius 2 is 1.82 bits per heavy atom. The minimum Gasteiger partial charge on any atom is -0.337 e. The Labute approximate surface area is 198 Å². The number of carbonyl (C=O) groups excluding carboxylic acids is 1. The number of amides is 1. The van der Waals surface area contributed by atoms with Crippen LogP contribution in [0.15, 0.2) is 29.4 Å². The lowest BCUT2D eigenvalue weighted by Gasteiger charge is -2.32. The predicted octanol–water partition coefficient (Wildman–Crippen LogP) is 4.22. The van der Waals surface area contributed by atoms with Crippen LogP contribution in [0.4, 0.5) is 4.39 Å². The molecular weight excluding hydrogens is 439 g/mol. The van der Waals surface area contributed by atoms with Crippen LogP contribution in [-0.2, 0) is 11.3 Å². The van der Waals surface area contributed by atoms with E-state index in [1.807, 2.05) is 11.5 Å². The van der Waals surface area contributed by atoms with Gasteiger partial charge in [-0.15, -0.1) is 10.2 Å². The minimum absolute atomic E-state index is 0.172. The number of hydrogen-bond donors (Lipinski definition) is 1. The zero-order chi connectivity index (χ0) is 23.3. The number of likely N-dealkylation sites (tertiary alicyclic amines) is 1. The predicted molar refractivity (Wildman–Crippen MR) is 125 cm³/mol. The number of halogens is 1. The van der Waals surface area contributed by atoms with Crippen molar-refractivity contribution >= 4 is 17.7 Å². The third kappa shape index (κ3) is 5.74. The van der Waals surface area contributed by atoms with E-state index in [0.29, 0.717) is 24.5 Å². The average Bonchev–Trinajstić information content (AvgIpc) is 3.22. The summed E-state index contributed by atoms with van der Waals surface area (Å²) in [6.07, 6.45) is 7.98. The quantitative estimate of drug-likeness (QED) is 0.610. The molecule has 2 aliphatic rings. The summed E-state index contributed by atoms with van der Waals surface area (Å²) in [6, 6.07) is 8.60. The molecule has 176 valence electrons. The smallest absolute Gasteiger partial charge is 0.234 e. The van der Waals surface area contributed by atoms with E-state index in [2.05, 4.69) is 26.5 Å². The molecule has 1 unspecified atom stereocenters. The van der Waals surface area contributed by atoms with Crippen LogP contribution in [0.2, 0.25) is 0 Å². The van der Waals surface area contributed by atoms with Gasteiger partial charge in [0.05, 0.1) is 17.9 Å². The SMILES string of the molecule is CC(Sc1nnc(CN2CCCCC2)n1-c1ccc(F)cc1)C(=O)NC1(C#N)CCCCC1. The van der Waals surface area contributed by atoms with Gasteiger partial charge in [-0.1, -0.05) is 37.4 Å². The van der Waals surface area contributed by atoms with E-state index in [1.54, 1.807) is 12.1 Å². The third-order valence-corrected chi connectivity index (χ3v) is 7.58. The van der Waals surface area contributed by atoms with Crippen LogP contribution < -0.4 is 5.32 Å². The lowest BCUT2D eigenvalue weighted by Crippen LogP contribution is -2.51. The monoisotopic (exact) mass is 470 g/mol. The fraction of sp³-hybridized carbons (Fsp3) is 0.583. The molecule has 7 nitrogen and oxygen atoms in total. The van der Waals surface area contributed by atoms with E-state index in [4.69, 9.17) is 0 Å². The van der Waals surface area contributed by atoms with Gasteiger partial charge in [0.15, 0.2) is 11.0 Å². The summed E-state index contributed by atoms with van der Waals surface area (Å²) in [4.78, 5) is 15.4. The van der Waals surface area contributed by atoms with Gasteiger partial charge >= 0.3 is 0 Å². The fourth-order valence-corrected chi connectivity index (χ4v) is 5.50. The van der Waals surface area contributed by atoms with Gasteiger partial charge in [0.1, 0.15) is 11.4 Å². The fourth-order valence-electron chi connectivity index (χ4n) is 4.62. The van der Waals surface area contributed by atoms with Crippen LogP contribution in [0.25, 0.3) is 5.69 Å². The highest BCUT2D eigenvalue weighted by atomic mass is 32.2. The van der Waals surface area contributed by atoms with E-state index in [9.17, 15) is 14.4 Å². The molecule has 0 bridgehead atoms. The molecule has 1 aliphatic carbocycles. The highest BCUT2D eigenvalue weighted by molar-refractivity contribution is 8.00. The maximum atomic E-state index is 13.6. The first-order valence-corrected chi connectivity index (χ1v) is 12.7. The molecule has 1 amide bonds. The summed E-state index contributed by atoms with van der Waals surface area (Å²) >= 11 is 1.31. The lowest BCUT2D eigenvalue weighted by atomic mass is 9.83. The van der Waals surface area contributed by atoms with Crippen molar-refractivity contribution in [2.75, 3.05) is 13.1 Å². The van der Waals surface area contributed by atoms with Crippen LogP contribution in [0.3, 0.4) is 0 Å². The highest BCUT2D eigenvalue weighted by Gasteiger charge is 2.35. The second kappa shape index (κ2) is 10.7. The molecule has 4 rings (SSSR count). The Bertz CT molecular complexity index is 989. The molecule has 1 saturated carbocycles. The summed E-state index contributed by atoms with van der Waals surface area (Å²) in [7, 11) is 0. The molecule has 1 aromatic carbocycles. The van der Waals surface area contributed by atoms with Crippen LogP contribution in [0.1, 0.15) is 64.1 Å². The Kier molecular flexibility index (Phi) is 7.66. The molecular formula is C24H31FN6OS. The van der Waals surface area contributed by atoms with Crippen molar-refractivity contribution in [1.29, 1.82) is 5.26 Å². The first-order chi connectivity index (χ1) is 16.0. The van der Waals surface area contributed by atoms with Crippen LogP contribution in [0, 0.1) is 17.1 Å². The number of thioether (sulfide) groups is 1. The van der Waals surface area contributed by atoms with Crippen molar-refractivity contribution in [2.45, 2.75) is 80.8 Å². The van der Waals surface area contributed by atoms with Crippen molar-refractivity contribution in [1.82, 2.24) is 25.0 Å². The van der Waals surface area contributed by atoms with E-state index < -0.39 is 10.8 Å². The maximum absolute atomic E-state index is 13.6. The number of nitrogens with one attached hydrogen (secondary N) is 1. The summed E-state index contributed by atoms with van der Waals surface area (Å²) in [6.45, 7) is 4.52. The molecule has 1 aliphatic heterocycles. The molecule has 2 fully saturated rings. The van der Waals surface area contributed by atoms with E-state index in [-0.39, 0.29) is 11.7 Å². The van der Waals surface area contributed by atoms with E-state index in [1.165, 1.54) is 43.2 Å². The number of benzene rings is 1. The number of nitrogens with zero attached hydrogens (tertiary/aromatic N) is 5. The van der Waals surface area contributed by atoms with Crippen LogP contribution in [-0.4, -0.2) is 49.4 Å². The Morgan fingerprint density at radius 3 is 2.48 bits per heavy atom. The Hall–Kier alpha value is -2.44. The Balaban J connectivity index is 1.54. The standard InChI is InChI=1S/C24H31FN6OS/c1-18(22(32)27-24(17-26)12-4-2-5-13-24)33-23-29-28-21(16-30-14-6-3-7-15-30)31(23)20-10-8-19(25)9-11-20/h8-11,18H,2-7,12-16H2,1H3,(H,27,32). The molecule has 1 atom stereocenters. The molecule has 1 N–H and O–H groups in total. The van der Waals surface area contributed by atoms with E-state index in [0.717, 1.165) is 43.9 Å². The molecule has 9 heteroatoms. The first kappa shape index (κ1) is 23.7. The van der Waals surface area contributed by atoms with Crippen LogP contribution in [0.5, 0.6) is 0 Å². The van der Waals surface area contributed by atoms with Crippen LogP contribution >= 0.6 is 11.8 Å². The van der Waals surface area contributed by atoms with Gasteiger partial charge in [-0.25, -0.2) is 4.39 Å². The third-order valence-electron chi connectivity index (χ3n) is 6.53. The highest BCUT2D eigenvalue weighted by Crippen LogP contribution is 2.30.